The molecule has 1 atom stereocenters. The Labute approximate surface area is 115 Å². The fourth-order valence-electron chi connectivity index (χ4n) is 1.96. The van der Waals surface area contributed by atoms with Crippen molar-refractivity contribution in [1.82, 2.24) is 0 Å². The van der Waals surface area contributed by atoms with Gasteiger partial charge in [0, 0.05) is 10.6 Å². The van der Waals surface area contributed by atoms with Crippen molar-refractivity contribution in [3.63, 3.8) is 0 Å². The van der Waals surface area contributed by atoms with Gasteiger partial charge in [-0.15, -0.1) is 0 Å². The average molecular weight is 279 g/mol. The van der Waals surface area contributed by atoms with Crippen molar-refractivity contribution in [3.8, 4) is 0 Å². The molecule has 0 bridgehead atoms. The van der Waals surface area contributed by atoms with Gasteiger partial charge >= 0.3 is 5.97 Å². The minimum Gasteiger partial charge on any atom is -0.481 e. The lowest BCUT2D eigenvalue weighted by atomic mass is 9.92. The third-order valence-corrected chi connectivity index (χ3v) is 3.32. The summed E-state index contributed by atoms with van der Waals surface area (Å²) in [5, 5.41) is 9.56. The molecule has 0 fully saturated rings. The summed E-state index contributed by atoms with van der Waals surface area (Å²) in [4.78, 5) is 11.4. The van der Waals surface area contributed by atoms with E-state index in [4.69, 9.17) is 11.6 Å². The van der Waals surface area contributed by atoms with Gasteiger partial charge in [-0.3, -0.25) is 4.79 Å². The molecule has 1 unspecified atom stereocenters. The molecule has 2 aromatic rings. The molecule has 2 aromatic carbocycles. The van der Waals surface area contributed by atoms with Gasteiger partial charge in [0.1, 0.15) is 5.82 Å². The van der Waals surface area contributed by atoms with E-state index in [1.54, 1.807) is 36.4 Å². The molecule has 4 heteroatoms. The maximum Gasteiger partial charge on any atom is 0.311 e. The molecule has 0 aromatic heterocycles. The average Bonchev–Trinajstić information content (AvgIpc) is 2.39. The zero-order valence-electron chi connectivity index (χ0n) is 10.0. The molecule has 0 radical (unpaired) electrons. The molecule has 0 heterocycles. The van der Waals surface area contributed by atoms with E-state index in [-0.39, 0.29) is 17.0 Å². The molecule has 0 saturated heterocycles. The van der Waals surface area contributed by atoms with Crippen molar-refractivity contribution in [2.24, 2.45) is 0 Å². The number of aliphatic carboxylic acids is 1. The molecule has 2 rings (SSSR count). The standard InChI is InChI=1S/C15H12ClFO2/c16-13-7-4-8-14(17)12(13)9-11(15(18)19)10-5-2-1-3-6-10/h1-8,11H,9H2,(H,18,19). The van der Waals surface area contributed by atoms with Gasteiger partial charge in [-0.2, -0.15) is 0 Å². The van der Waals surface area contributed by atoms with Crippen LogP contribution in [0.4, 0.5) is 4.39 Å². The largest absolute Gasteiger partial charge is 0.481 e. The normalized spacial score (nSPS) is 12.1. The van der Waals surface area contributed by atoms with E-state index in [1.807, 2.05) is 0 Å². The Morgan fingerprint density at radius 3 is 2.42 bits per heavy atom. The Hall–Kier alpha value is -1.87. The molecule has 2 nitrogen and oxygen atoms in total. The molecular formula is C15H12ClFO2. The smallest absolute Gasteiger partial charge is 0.311 e. The summed E-state index contributed by atoms with van der Waals surface area (Å²) in [5.74, 6) is -2.28. The number of benzene rings is 2. The van der Waals surface area contributed by atoms with E-state index in [1.165, 1.54) is 12.1 Å². The second-order valence-corrected chi connectivity index (χ2v) is 4.61. The fraction of sp³-hybridized carbons (Fsp3) is 0.133. The predicted molar refractivity (Wildman–Crippen MR) is 71.9 cm³/mol. The Bertz CT molecular complexity index is 564. The first-order valence-corrected chi connectivity index (χ1v) is 6.18. The topological polar surface area (TPSA) is 37.3 Å². The maximum absolute atomic E-state index is 13.7. The van der Waals surface area contributed by atoms with Crippen LogP contribution in [0.25, 0.3) is 0 Å². The van der Waals surface area contributed by atoms with Crippen molar-refractivity contribution in [3.05, 3.63) is 70.5 Å². The fourth-order valence-corrected chi connectivity index (χ4v) is 2.20. The summed E-state index contributed by atoms with van der Waals surface area (Å²) >= 11 is 5.93. The van der Waals surface area contributed by atoms with E-state index in [0.29, 0.717) is 5.56 Å². The molecule has 0 amide bonds. The summed E-state index contributed by atoms with van der Waals surface area (Å²) in [7, 11) is 0. The SMILES string of the molecule is O=C(O)C(Cc1c(F)cccc1Cl)c1ccccc1. The molecule has 0 spiro atoms. The van der Waals surface area contributed by atoms with Gasteiger partial charge in [0.05, 0.1) is 5.92 Å². The Balaban J connectivity index is 2.35. The summed E-state index contributed by atoms with van der Waals surface area (Å²) in [6, 6.07) is 13.1. The summed E-state index contributed by atoms with van der Waals surface area (Å²) in [6.07, 6.45) is 0.0326. The van der Waals surface area contributed by atoms with Crippen molar-refractivity contribution >= 4 is 17.6 Å². The number of carboxylic acid groups (broad SMARTS) is 1. The molecule has 1 N–H and O–H groups in total. The first-order valence-electron chi connectivity index (χ1n) is 5.80. The summed E-state index contributed by atoms with van der Waals surface area (Å²) < 4.78 is 13.7. The molecular weight excluding hydrogens is 267 g/mol. The van der Waals surface area contributed by atoms with E-state index in [0.717, 1.165) is 0 Å². The van der Waals surface area contributed by atoms with Crippen LogP contribution in [0.1, 0.15) is 17.0 Å². The highest BCUT2D eigenvalue weighted by Crippen LogP contribution is 2.27. The molecule has 0 aliphatic heterocycles. The first-order chi connectivity index (χ1) is 9.09. The molecule has 0 aliphatic carbocycles. The lowest BCUT2D eigenvalue weighted by Crippen LogP contribution is -2.15. The number of hydrogen-bond donors (Lipinski definition) is 1. The highest BCUT2D eigenvalue weighted by atomic mass is 35.5. The van der Waals surface area contributed by atoms with Crippen LogP contribution in [-0.2, 0) is 11.2 Å². The number of halogens is 2. The van der Waals surface area contributed by atoms with Gasteiger partial charge in [-0.1, -0.05) is 48.0 Å². The van der Waals surface area contributed by atoms with E-state index in [2.05, 4.69) is 0 Å². The Kier molecular flexibility index (Phi) is 4.17. The van der Waals surface area contributed by atoms with Gasteiger partial charge in [0.2, 0.25) is 0 Å². The molecule has 98 valence electrons. The Morgan fingerprint density at radius 1 is 1.16 bits per heavy atom. The zero-order chi connectivity index (χ0) is 13.8. The van der Waals surface area contributed by atoms with Crippen LogP contribution in [0.15, 0.2) is 48.5 Å². The lowest BCUT2D eigenvalue weighted by Gasteiger charge is -2.14. The number of carboxylic acids is 1. The minimum atomic E-state index is -0.995. The zero-order valence-corrected chi connectivity index (χ0v) is 10.8. The van der Waals surface area contributed by atoms with Crippen LogP contribution in [0.5, 0.6) is 0 Å². The highest BCUT2D eigenvalue weighted by molar-refractivity contribution is 6.31. The number of carbonyl (C=O) groups is 1. The first kappa shape index (κ1) is 13.6. The van der Waals surface area contributed by atoms with Crippen LogP contribution in [-0.4, -0.2) is 11.1 Å². The van der Waals surface area contributed by atoms with Crippen molar-refractivity contribution in [2.75, 3.05) is 0 Å². The Morgan fingerprint density at radius 2 is 1.84 bits per heavy atom. The molecule has 0 saturated carbocycles. The monoisotopic (exact) mass is 278 g/mol. The summed E-state index contributed by atoms with van der Waals surface area (Å²) in [6.45, 7) is 0. The highest BCUT2D eigenvalue weighted by Gasteiger charge is 2.22. The quantitative estimate of drug-likeness (QED) is 0.921. The van der Waals surface area contributed by atoms with Crippen molar-refractivity contribution in [1.29, 1.82) is 0 Å². The molecule has 0 aliphatic rings. The van der Waals surface area contributed by atoms with Crippen molar-refractivity contribution in [2.45, 2.75) is 12.3 Å². The van der Waals surface area contributed by atoms with Crippen molar-refractivity contribution < 1.29 is 14.3 Å². The van der Waals surface area contributed by atoms with Crippen LogP contribution in [0, 0.1) is 5.82 Å². The van der Waals surface area contributed by atoms with Crippen LogP contribution in [0.3, 0.4) is 0 Å². The maximum atomic E-state index is 13.7. The third kappa shape index (κ3) is 3.12. The van der Waals surface area contributed by atoms with Gasteiger partial charge in [0.15, 0.2) is 0 Å². The van der Waals surface area contributed by atoms with Gasteiger partial charge < -0.3 is 5.11 Å². The van der Waals surface area contributed by atoms with Crippen LogP contribution >= 0.6 is 11.6 Å². The van der Waals surface area contributed by atoms with Crippen LogP contribution in [0.2, 0.25) is 5.02 Å². The minimum absolute atomic E-state index is 0.0326. The van der Waals surface area contributed by atoms with Gasteiger partial charge in [0.25, 0.3) is 0 Å². The second-order valence-electron chi connectivity index (χ2n) is 4.21. The number of rotatable bonds is 4. The van der Waals surface area contributed by atoms with Gasteiger partial charge in [-0.05, 0) is 24.1 Å². The third-order valence-electron chi connectivity index (χ3n) is 2.97. The van der Waals surface area contributed by atoms with E-state index in [9.17, 15) is 14.3 Å². The predicted octanol–water partition coefficient (Wildman–Crippen LogP) is 3.89. The second kappa shape index (κ2) is 5.85. The molecule has 19 heavy (non-hydrogen) atoms. The van der Waals surface area contributed by atoms with E-state index < -0.39 is 17.7 Å². The van der Waals surface area contributed by atoms with Crippen LogP contribution < -0.4 is 0 Å². The lowest BCUT2D eigenvalue weighted by molar-refractivity contribution is -0.138. The van der Waals surface area contributed by atoms with Gasteiger partial charge in [-0.25, -0.2) is 4.39 Å². The number of hydrogen-bond acceptors (Lipinski definition) is 1. The van der Waals surface area contributed by atoms with E-state index >= 15 is 0 Å². The summed E-state index contributed by atoms with van der Waals surface area (Å²) in [5.41, 5.74) is 0.870.